The lowest BCUT2D eigenvalue weighted by molar-refractivity contribution is 0.241. The van der Waals surface area contributed by atoms with Crippen molar-refractivity contribution in [1.29, 1.82) is 0 Å². The van der Waals surface area contributed by atoms with E-state index in [1.54, 1.807) is 17.5 Å². The first-order valence-corrected chi connectivity index (χ1v) is 10.8. The van der Waals surface area contributed by atoms with Gasteiger partial charge < -0.3 is 15.6 Å². The highest BCUT2D eigenvalue weighted by Gasteiger charge is 2.28. The minimum atomic E-state index is -0.760. The molecule has 2 aliphatic rings. The van der Waals surface area contributed by atoms with Crippen LogP contribution in [0.25, 0.3) is 5.57 Å². The van der Waals surface area contributed by atoms with Crippen LogP contribution in [0.15, 0.2) is 12.3 Å². The summed E-state index contributed by atoms with van der Waals surface area (Å²) in [6.45, 7) is 5.79. The Balaban J connectivity index is 1.50. The van der Waals surface area contributed by atoms with Gasteiger partial charge in [-0.15, -0.1) is 11.3 Å². The molecule has 3 heterocycles. The van der Waals surface area contributed by atoms with Crippen LogP contribution in [-0.2, 0) is 13.0 Å². The smallest absolute Gasteiger partial charge is 0.318 e. The van der Waals surface area contributed by atoms with Crippen molar-refractivity contribution in [2.45, 2.75) is 51.7 Å². The van der Waals surface area contributed by atoms with Gasteiger partial charge >= 0.3 is 6.01 Å². The predicted molar refractivity (Wildman–Crippen MR) is 110 cm³/mol. The number of hydrogen-bond donors (Lipinski definition) is 2. The highest BCUT2D eigenvalue weighted by Crippen LogP contribution is 2.39. The lowest BCUT2D eigenvalue weighted by Gasteiger charge is -2.13. The molecule has 0 spiro atoms. The van der Waals surface area contributed by atoms with E-state index in [4.69, 9.17) is 10.5 Å². The van der Waals surface area contributed by atoms with Gasteiger partial charge in [0.05, 0.1) is 23.7 Å². The molecular weight excluding hydrogens is 374 g/mol. The standard InChI is InChI=1S/C20H27N5O2S/c1-2-3-10-27-20-23-17-13(6-7-14(17)19(21)24-20)18(26)15-11-22-16(28-15)12-25-8-4-5-9-25/h6,11,18,26H,2-5,7-10,12H2,1H3,(H2,21,23,24). The molecule has 1 aliphatic heterocycles. The number of anilines is 1. The highest BCUT2D eigenvalue weighted by molar-refractivity contribution is 7.11. The van der Waals surface area contributed by atoms with Crippen molar-refractivity contribution in [2.75, 3.05) is 25.4 Å². The molecule has 1 saturated heterocycles. The number of aliphatic hydroxyl groups is 1. The van der Waals surface area contributed by atoms with Crippen molar-refractivity contribution in [3.63, 3.8) is 0 Å². The summed E-state index contributed by atoms with van der Waals surface area (Å²) in [7, 11) is 0. The van der Waals surface area contributed by atoms with E-state index in [2.05, 4.69) is 26.8 Å². The Morgan fingerprint density at radius 3 is 2.93 bits per heavy atom. The maximum atomic E-state index is 11.0. The Hall–Kier alpha value is -2.03. The van der Waals surface area contributed by atoms with E-state index in [9.17, 15) is 5.11 Å². The molecule has 0 bridgehead atoms. The van der Waals surface area contributed by atoms with Crippen LogP contribution in [0.2, 0.25) is 0 Å². The second-order valence-corrected chi connectivity index (χ2v) is 8.47. The number of aliphatic hydroxyl groups excluding tert-OH is 1. The van der Waals surface area contributed by atoms with Crippen molar-refractivity contribution in [3.8, 4) is 6.01 Å². The number of ether oxygens (including phenoxy) is 1. The Morgan fingerprint density at radius 1 is 1.32 bits per heavy atom. The summed E-state index contributed by atoms with van der Waals surface area (Å²) in [5.74, 6) is 0.425. The lowest BCUT2D eigenvalue weighted by atomic mass is 10.1. The maximum Gasteiger partial charge on any atom is 0.318 e. The minimum absolute atomic E-state index is 0.281. The van der Waals surface area contributed by atoms with Crippen molar-refractivity contribution in [3.05, 3.63) is 33.4 Å². The van der Waals surface area contributed by atoms with Crippen LogP contribution in [0.4, 0.5) is 5.82 Å². The first-order chi connectivity index (χ1) is 13.7. The van der Waals surface area contributed by atoms with Crippen LogP contribution in [0, 0.1) is 0 Å². The van der Waals surface area contributed by atoms with Crippen molar-refractivity contribution < 1.29 is 9.84 Å². The molecular formula is C20H27N5O2S. The Kier molecular flexibility index (Phi) is 5.89. The number of fused-ring (bicyclic) bond motifs is 1. The van der Waals surface area contributed by atoms with E-state index in [1.165, 1.54) is 12.8 Å². The summed E-state index contributed by atoms with van der Waals surface area (Å²) in [6.07, 6.45) is 8.12. The van der Waals surface area contributed by atoms with Crippen LogP contribution in [0.5, 0.6) is 6.01 Å². The lowest BCUT2D eigenvalue weighted by Crippen LogP contribution is -2.17. The molecule has 1 atom stereocenters. The summed E-state index contributed by atoms with van der Waals surface area (Å²) in [5.41, 5.74) is 8.43. The van der Waals surface area contributed by atoms with E-state index in [-0.39, 0.29) is 6.01 Å². The van der Waals surface area contributed by atoms with Crippen LogP contribution >= 0.6 is 11.3 Å². The molecule has 4 rings (SSSR count). The molecule has 28 heavy (non-hydrogen) atoms. The Bertz CT molecular complexity index is 860. The van der Waals surface area contributed by atoms with Gasteiger partial charge in [0.25, 0.3) is 0 Å². The van der Waals surface area contributed by atoms with E-state index in [0.29, 0.717) is 24.5 Å². The monoisotopic (exact) mass is 401 g/mol. The van der Waals surface area contributed by atoms with Gasteiger partial charge in [-0.25, -0.2) is 4.98 Å². The summed E-state index contributed by atoms with van der Waals surface area (Å²) in [5, 5.41) is 12.0. The average molecular weight is 402 g/mol. The van der Waals surface area contributed by atoms with Gasteiger partial charge in [-0.2, -0.15) is 9.97 Å². The van der Waals surface area contributed by atoms with Gasteiger partial charge in [0.1, 0.15) is 16.9 Å². The minimum Gasteiger partial charge on any atom is -0.463 e. The van der Waals surface area contributed by atoms with Crippen molar-refractivity contribution in [1.82, 2.24) is 19.9 Å². The molecule has 3 N–H and O–H groups in total. The molecule has 2 aromatic rings. The van der Waals surface area contributed by atoms with Gasteiger partial charge in [0, 0.05) is 17.3 Å². The van der Waals surface area contributed by atoms with Crippen LogP contribution in [0.3, 0.4) is 0 Å². The SMILES string of the molecule is CCCCOc1nc(N)c2c(n1)C(C(O)c1cnc(CN3CCCC3)s1)=CC2. The van der Waals surface area contributed by atoms with E-state index in [1.807, 2.05) is 6.08 Å². The summed E-state index contributed by atoms with van der Waals surface area (Å²) in [4.78, 5) is 16.6. The molecule has 0 saturated carbocycles. The molecule has 0 radical (unpaired) electrons. The normalized spacial score (nSPS) is 17.6. The van der Waals surface area contributed by atoms with E-state index in [0.717, 1.165) is 53.5 Å². The molecule has 1 unspecified atom stereocenters. The molecule has 8 heteroatoms. The molecule has 2 aromatic heterocycles. The van der Waals surface area contributed by atoms with E-state index >= 15 is 0 Å². The quantitative estimate of drug-likeness (QED) is 0.656. The third kappa shape index (κ3) is 4.04. The average Bonchev–Trinajstić information content (AvgIpc) is 3.42. The molecule has 1 aliphatic carbocycles. The fraction of sp³-hybridized carbons (Fsp3) is 0.550. The largest absolute Gasteiger partial charge is 0.463 e. The summed E-state index contributed by atoms with van der Waals surface area (Å²) >= 11 is 1.57. The second-order valence-electron chi connectivity index (χ2n) is 7.33. The second kappa shape index (κ2) is 8.55. The van der Waals surface area contributed by atoms with Gasteiger partial charge in [0.15, 0.2) is 0 Å². The molecule has 0 amide bonds. The maximum absolute atomic E-state index is 11.0. The topological polar surface area (TPSA) is 97.4 Å². The van der Waals surface area contributed by atoms with Gasteiger partial charge in [-0.05, 0) is 38.8 Å². The number of rotatable bonds is 8. The number of likely N-dealkylation sites (tertiary alicyclic amines) is 1. The molecule has 150 valence electrons. The number of unbranched alkanes of at least 4 members (excludes halogenated alkanes) is 1. The molecule has 7 nitrogen and oxygen atoms in total. The fourth-order valence-corrected chi connectivity index (χ4v) is 4.62. The first-order valence-electron chi connectivity index (χ1n) is 10.0. The summed E-state index contributed by atoms with van der Waals surface area (Å²) < 4.78 is 5.64. The van der Waals surface area contributed by atoms with Gasteiger partial charge in [-0.3, -0.25) is 4.90 Å². The highest BCUT2D eigenvalue weighted by atomic mass is 32.1. The number of nitrogens with zero attached hydrogens (tertiary/aromatic N) is 4. The van der Waals surface area contributed by atoms with Crippen LogP contribution < -0.4 is 10.5 Å². The molecule has 0 aromatic carbocycles. The van der Waals surface area contributed by atoms with E-state index < -0.39 is 6.10 Å². The summed E-state index contributed by atoms with van der Waals surface area (Å²) in [6, 6.07) is 0.281. The number of nitrogen functional groups attached to an aromatic ring is 1. The zero-order valence-electron chi connectivity index (χ0n) is 16.2. The Morgan fingerprint density at radius 2 is 2.14 bits per heavy atom. The zero-order chi connectivity index (χ0) is 19.5. The Labute approximate surface area is 169 Å². The number of thiazole rings is 1. The van der Waals surface area contributed by atoms with Gasteiger partial charge in [0.2, 0.25) is 0 Å². The number of nitrogens with two attached hydrogens (primary N) is 1. The van der Waals surface area contributed by atoms with Crippen molar-refractivity contribution >= 4 is 22.7 Å². The third-order valence-corrected chi connectivity index (χ3v) is 6.27. The van der Waals surface area contributed by atoms with Crippen LogP contribution in [-0.4, -0.2) is 44.7 Å². The predicted octanol–water partition coefficient (Wildman–Crippen LogP) is 2.96. The fourth-order valence-electron chi connectivity index (χ4n) is 3.65. The van der Waals surface area contributed by atoms with Crippen molar-refractivity contribution in [2.24, 2.45) is 0 Å². The number of hydrogen-bond acceptors (Lipinski definition) is 8. The first kappa shape index (κ1) is 19.3. The molecule has 1 fully saturated rings. The number of aromatic nitrogens is 3. The zero-order valence-corrected chi connectivity index (χ0v) is 17.0. The van der Waals surface area contributed by atoms with Gasteiger partial charge in [-0.1, -0.05) is 19.4 Å². The van der Waals surface area contributed by atoms with Crippen LogP contribution in [0.1, 0.15) is 59.9 Å². The third-order valence-electron chi connectivity index (χ3n) is 5.24. The number of allylic oxidation sites excluding steroid dienone is 1.